The maximum atomic E-state index is 10.7. The number of phenolic OH excluding ortho intramolecular Hbond substituents is 1. The topological polar surface area (TPSA) is 72.9 Å². The maximum absolute atomic E-state index is 10.7. The average Bonchev–Trinajstić information content (AvgIpc) is 3.03. The summed E-state index contributed by atoms with van der Waals surface area (Å²) < 4.78 is 31.0. The SMILES string of the molecule is COc1cc2c3cc1Oc1c(OC)c(OC)cc4c1[C@H](Cc1ccc(O)c(c1)Oc1ccc(cc1)C[C@@H]3N(C)CC2)CN(C)C4. The Morgan fingerprint density at radius 2 is 1.53 bits per heavy atom. The zero-order valence-corrected chi connectivity index (χ0v) is 26.6. The van der Waals surface area contributed by atoms with E-state index in [0.717, 1.165) is 49.2 Å². The van der Waals surface area contributed by atoms with Crippen molar-refractivity contribution in [3.8, 4) is 46.0 Å². The van der Waals surface area contributed by atoms with Crippen LogP contribution in [0.3, 0.4) is 0 Å². The van der Waals surface area contributed by atoms with Crippen LogP contribution in [0.4, 0.5) is 0 Å². The van der Waals surface area contributed by atoms with Gasteiger partial charge in [-0.05, 0) is 104 Å². The summed E-state index contributed by atoms with van der Waals surface area (Å²) in [6.07, 6.45) is 2.45. The molecule has 0 fully saturated rings. The van der Waals surface area contributed by atoms with Crippen LogP contribution in [0.1, 0.15) is 45.3 Å². The van der Waals surface area contributed by atoms with Gasteiger partial charge < -0.3 is 33.7 Å². The molecule has 2 atom stereocenters. The molecule has 8 rings (SSSR count). The van der Waals surface area contributed by atoms with E-state index >= 15 is 0 Å². The summed E-state index contributed by atoms with van der Waals surface area (Å²) in [7, 11) is 9.32. The number of methoxy groups -OCH3 is 3. The van der Waals surface area contributed by atoms with Crippen molar-refractivity contribution in [3.05, 3.63) is 94.0 Å². The second-order valence-electron chi connectivity index (χ2n) is 12.4. The first kappa shape index (κ1) is 29.3. The number of benzene rings is 4. The van der Waals surface area contributed by atoms with Gasteiger partial charge in [0.1, 0.15) is 5.75 Å². The van der Waals surface area contributed by atoms with Crippen LogP contribution in [0.15, 0.2) is 60.7 Å². The van der Waals surface area contributed by atoms with E-state index < -0.39 is 0 Å². The lowest BCUT2D eigenvalue weighted by atomic mass is 9.84. The van der Waals surface area contributed by atoms with Crippen molar-refractivity contribution in [1.29, 1.82) is 0 Å². The molecule has 0 aliphatic carbocycles. The Labute approximate surface area is 264 Å². The molecule has 234 valence electrons. The molecule has 4 aliphatic rings. The van der Waals surface area contributed by atoms with Gasteiger partial charge in [-0.15, -0.1) is 0 Å². The minimum atomic E-state index is 0.0617. The Morgan fingerprint density at radius 3 is 2.29 bits per heavy atom. The third kappa shape index (κ3) is 5.42. The molecule has 6 bridgehead atoms. The zero-order chi connectivity index (χ0) is 31.2. The Hall–Kier alpha value is -4.40. The Morgan fingerprint density at radius 1 is 0.778 bits per heavy atom. The van der Waals surface area contributed by atoms with Crippen LogP contribution in [0.25, 0.3) is 0 Å². The van der Waals surface area contributed by atoms with Crippen LogP contribution >= 0.6 is 0 Å². The van der Waals surface area contributed by atoms with Crippen molar-refractivity contribution in [2.24, 2.45) is 0 Å². The van der Waals surface area contributed by atoms with E-state index in [1.807, 2.05) is 24.3 Å². The quantitative estimate of drug-likeness (QED) is 0.271. The molecule has 0 unspecified atom stereocenters. The molecule has 8 heteroatoms. The number of likely N-dealkylation sites (N-methyl/N-ethyl adjacent to an activating group) is 2. The lowest BCUT2D eigenvalue weighted by molar-refractivity contribution is 0.228. The summed E-state index contributed by atoms with van der Waals surface area (Å²) in [6, 6.07) is 20.3. The van der Waals surface area contributed by atoms with E-state index in [0.29, 0.717) is 46.7 Å². The fraction of sp³-hybridized carbons (Fsp3) is 0.351. The first-order chi connectivity index (χ1) is 21.8. The monoisotopic (exact) mass is 608 g/mol. The van der Waals surface area contributed by atoms with Crippen LogP contribution in [0.2, 0.25) is 0 Å². The first-order valence-electron chi connectivity index (χ1n) is 15.5. The van der Waals surface area contributed by atoms with Gasteiger partial charge >= 0.3 is 0 Å². The molecule has 45 heavy (non-hydrogen) atoms. The molecular weight excluding hydrogens is 568 g/mol. The maximum Gasteiger partial charge on any atom is 0.204 e. The third-order valence-electron chi connectivity index (χ3n) is 9.48. The lowest BCUT2D eigenvalue weighted by Crippen LogP contribution is -2.33. The van der Waals surface area contributed by atoms with Crippen molar-refractivity contribution >= 4 is 0 Å². The number of fused-ring (bicyclic) bond motifs is 2. The highest BCUT2D eigenvalue weighted by Crippen LogP contribution is 2.51. The minimum absolute atomic E-state index is 0.0617. The number of phenols is 1. The second kappa shape index (κ2) is 11.8. The van der Waals surface area contributed by atoms with E-state index in [9.17, 15) is 5.11 Å². The predicted octanol–water partition coefficient (Wildman–Crippen LogP) is 6.86. The summed E-state index contributed by atoms with van der Waals surface area (Å²) in [5.41, 5.74) is 6.95. The molecule has 0 radical (unpaired) electrons. The van der Waals surface area contributed by atoms with Gasteiger partial charge in [0.05, 0.1) is 21.3 Å². The molecule has 0 saturated carbocycles. The average molecular weight is 609 g/mol. The number of hydrogen-bond donors (Lipinski definition) is 1. The summed E-state index contributed by atoms with van der Waals surface area (Å²) in [4.78, 5) is 4.72. The van der Waals surface area contributed by atoms with Crippen molar-refractivity contribution in [1.82, 2.24) is 9.80 Å². The molecule has 0 amide bonds. The van der Waals surface area contributed by atoms with Crippen molar-refractivity contribution in [2.75, 3.05) is 48.5 Å². The summed E-state index contributed by atoms with van der Waals surface area (Å²) in [6.45, 7) is 2.51. The van der Waals surface area contributed by atoms with Crippen LogP contribution in [0.5, 0.6) is 46.0 Å². The smallest absolute Gasteiger partial charge is 0.204 e. The lowest BCUT2D eigenvalue weighted by Gasteiger charge is -2.36. The van der Waals surface area contributed by atoms with E-state index in [4.69, 9.17) is 23.7 Å². The molecule has 4 aromatic carbocycles. The van der Waals surface area contributed by atoms with Gasteiger partial charge in [-0.3, -0.25) is 4.90 Å². The normalized spacial score (nSPS) is 19.4. The number of aromatic hydroxyl groups is 1. The summed E-state index contributed by atoms with van der Waals surface area (Å²) in [5, 5.41) is 10.7. The van der Waals surface area contributed by atoms with Crippen molar-refractivity contribution in [3.63, 3.8) is 0 Å². The largest absolute Gasteiger partial charge is 0.504 e. The van der Waals surface area contributed by atoms with E-state index in [2.05, 4.69) is 54.2 Å². The molecule has 8 nitrogen and oxygen atoms in total. The molecule has 4 aliphatic heterocycles. The highest BCUT2D eigenvalue weighted by Gasteiger charge is 2.34. The molecule has 4 aromatic rings. The first-order valence-corrected chi connectivity index (χ1v) is 15.5. The van der Waals surface area contributed by atoms with Gasteiger partial charge in [-0.25, -0.2) is 0 Å². The number of nitrogens with zero attached hydrogens (tertiary/aromatic N) is 2. The van der Waals surface area contributed by atoms with Gasteiger partial charge in [0.25, 0.3) is 0 Å². The van der Waals surface area contributed by atoms with E-state index in [-0.39, 0.29) is 17.7 Å². The van der Waals surface area contributed by atoms with Crippen LogP contribution < -0.4 is 23.7 Å². The fourth-order valence-electron chi connectivity index (χ4n) is 7.24. The van der Waals surface area contributed by atoms with Crippen molar-refractivity contribution < 1.29 is 28.8 Å². The van der Waals surface area contributed by atoms with Gasteiger partial charge in [-0.1, -0.05) is 18.2 Å². The van der Waals surface area contributed by atoms with Gasteiger partial charge in [0.15, 0.2) is 34.5 Å². The number of rotatable bonds is 3. The fourth-order valence-corrected chi connectivity index (χ4v) is 7.24. The Kier molecular flexibility index (Phi) is 7.71. The standard InChI is InChI=1S/C37H40N2O6/c1-38-20-25-14-23-8-11-30(40)31(16-23)44-27-9-6-22(7-10-27)15-29-28-19-33(32(41-3)17-24(28)12-13-39(29)2)45-37-35(25)26(21-38)18-34(42-4)36(37)43-5/h6-11,16-19,25,29,40H,12-15,20-21H2,1-5H3/t25-,29+/m1/s1. The minimum Gasteiger partial charge on any atom is -0.504 e. The van der Waals surface area contributed by atoms with Crippen molar-refractivity contribution in [2.45, 2.75) is 37.8 Å². The molecular formula is C37H40N2O6. The van der Waals surface area contributed by atoms with Gasteiger partial charge in [-0.2, -0.15) is 0 Å². The number of ether oxygens (including phenoxy) is 5. The molecule has 0 spiro atoms. The highest BCUT2D eigenvalue weighted by molar-refractivity contribution is 5.64. The van der Waals surface area contributed by atoms with E-state index in [1.54, 1.807) is 27.4 Å². The second-order valence-corrected chi connectivity index (χ2v) is 12.4. The third-order valence-corrected chi connectivity index (χ3v) is 9.48. The zero-order valence-electron chi connectivity index (χ0n) is 26.6. The number of hydrogen-bond acceptors (Lipinski definition) is 8. The summed E-state index contributed by atoms with van der Waals surface area (Å²) >= 11 is 0. The van der Waals surface area contributed by atoms with Gasteiger partial charge in [0.2, 0.25) is 5.75 Å². The highest BCUT2D eigenvalue weighted by atomic mass is 16.5. The van der Waals surface area contributed by atoms with Crippen LogP contribution in [-0.4, -0.2) is 63.4 Å². The molecule has 0 saturated heterocycles. The van der Waals surface area contributed by atoms with Crippen LogP contribution in [-0.2, 0) is 25.8 Å². The van der Waals surface area contributed by atoms with Gasteiger partial charge in [0, 0.05) is 37.2 Å². The van der Waals surface area contributed by atoms with E-state index in [1.165, 1.54) is 16.7 Å². The predicted molar refractivity (Wildman–Crippen MR) is 173 cm³/mol. The molecule has 1 N–H and O–H groups in total. The molecule has 0 aromatic heterocycles. The Bertz CT molecular complexity index is 1740. The van der Waals surface area contributed by atoms with Crippen LogP contribution in [0, 0.1) is 0 Å². The summed E-state index contributed by atoms with van der Waals surface area (Å²) in [5.74, 6) is 4.47. The Balaban J connectivity index is 1.46. The molecule has 4 heterocycles.